The van der Waals surface area contributed by atoms with Gasteiger partial charge < -0.3 is 20.1 Å². The van der Waals surface area contributed by atoms with Crippen molar-refractivity contribution in [2.24, 2.45) is 0 Å². The van der Waals surface area contributed by atoms with Gasteiger partial charge in [0.15, 0.2) is 0 Å². The third kappa shape index (κ3) is 4.14. The third-order valence-corrected chi connectivity index (χ3v) is 4.37. The molecule has 0 saturated carbocycles. The normalized spacial score (nSPS) is 15.9. The van der Waals surface area contributed by atoms with Crippen LogP contribution in [0.4, 0.5) is 11.4 Å². The Morgan fingerprint density at radius 3 is 2.89 bits per heavy atom. The first kappa shape index (κ1) is 18.6. The number of carbonyl (C=O) groups excluding carboxylic acids is 1. The molecule has 1 aliphatic rings. The summed E-state index contributed by atoms with van der Waals surface area (Å²) in [5, 5.41) is 15.2. The molecule has 0 aromatic heterocycles. The summed E-state index contributed by atoms with van der Waals surface area (Å²) in [6, 6.07) is 12.3. The Morgan fingerprint density at radius 2 is 2.15 bits per heavy atom. The number of carbonyl (C=O) groups is 1. The minimum atomic E-state index is -0.534. The molecule has 2 atom stereocenters. The van der Waals surface area contributed by atoms with Gasteiger partial charge in [-0.05, 0) is 39.0 Å². The number of nitrogens with one attached hydrogen (secondary N) is 2. The summed E-state index contributed by atoms with van der Waals surface area (Å²) in [5.41, 5.74) is 2.74. The van der Waals surface area contributed by atoms with Crippen molar-refractivity contribution in [2.75, 3.05) is 17.2 Å². The highest BCUT2D eigenvalue weighted by Gasteiger charge is 2.23. The molecule has 0 radical (unpaired) electrons. The van der Waals surface area contributed by atoms with Gasteiger partial charge in [-0.25, -0.2) is 0 Å². The van der Waals surface area contributed by atoms with Crippen LogP contribution in [0.25, 0.3) is 0 Å². The van der Waals surface area contributed by atoms with E-state index in [0.717, 1.165) is 17.7 Å². The molecule has 2 aromatic carbocycles. The second-order valence-corrected chi connectivity index (χ2v) is 6.53. The fourth-order valence-corrected chi connectivity index (χ4v) is 3.06. The van der Waals surface area contributed by atoms with E-state index in [1.54, 1.807) is 31.2 Å². The maximum absolute atomic E-state index is 12.6. The summed E-state index contributed by atoms with van der Waals surface area (Å²) in [6.45, 7) is 6.23. The molecule has 0 spiro atoms. The lowest BCUT2D eigenvalue weighted by Gasteiger charge is -2.19. The monoisotopic (exact) mass is 365 g/mol. The number of ether oxygens (including phenoxy) is 2. The van der Waals surface area contributed by atoms with Crippen molar-refractivity contribution < 1.29 is 14.3 Å². The second-order valence-electron chi connectivity index (χ2n) is 6.53. The molecule has 6 nitrogen and oxygen atoms in total. The fraction of sp³-hybridized carbons (Fsp3) is 0.333. The summed E-state index contributed by atoms with van der Waals surface area (Å²) >= 11 is 0. The van der Waals surface area contributed by atoms with Gasteiger partial charge in [-0.15, -0.1) is 0 Å². The summed E-state index contributed by atoms with van der Waals surface area (Å²) in [6.07, 6.45) is 0.976. The summed E-state index contributed by atoms with van der Waals surface area (Å²) < 4.78 is 11.6. The number of hydrogen-bond acceptors (Lipinski definition) is 5. The first-order valence-electron chi connectivity index (χ1n) is 9.04. The van der Waals surface area contributed by atoms with Crippen LogP contribution in [-0.4, -0.2) is 24.7 Å². The maximum atomic E-state index is 12.6. The second kappa shape index (κ2) is 8.00. The Morgan fingerprint density at radius 1 is 1.37 bits per heavy atom. The van der Waals surface area contributed by atoms with Crippen LogP contribution in [0.1, 0.15) is 31.9 Å². The van der Waals surface area contributed by atoms with Gasteiger partial charge in [0.05, 0.1) is 23.5 Å². The van der Waals surface area contributed by atoms with Crippen LogP contribution in [0.2, 0.25) is 0 Å². The number of nitrogens with zero attached hydrogens (tertiary/aromatic N) is 1. The van der Waals surface area contributed by atoms with Crippen LogP contribution in [0, 0.1) is 11.3 Å². The summed E-state index contributed by atoms with van der Waals surface area (Å²) in [4.78, 5) is 12.6. The van der Waals surface area contributed by atoms with Gasteiger partial charge in [0.25, 0.3) is 0 Å². The van der Waals surface area contributed by atoms with Crippen LogP contribution in [0.3, 0.4) is 0 Å². The highest BCUT2D eigenvalue weighted by atomic mass is 16.5. The van der Waals surface area contributed by atoms with Crippen molar-refractivity contribution in [3.05, 3.63) is 47.5 Å². The molecule has 3 rings (SSSR count). The molecule has 0 bridgehead atoms. The fourth-order valence-electron chi connectivity index (χ4n) is 3.06. The lowest BCUT2D eigenvalue weighted by molar-refractivity contribution is -0.116. The quantitative estimate of drug-likeness (QED) is 0.815. The molecule has 1 heterocycles. The minimum absolute atomic E-state index is 0.132. The van der Waals surface area contributed by atoms with Crippen LogP contribution in [-0.2, 0) is 11.2 Å². The standard InChI is InChI=1S/C21H23N3O3/c1-4-26-20-10-16-9-13(2)27-19(16)11-18(20)23-14(3)21(25)24-17-8-6-5-7-15(17)12-22/h5-8,10-11,13-14,23H,4,9H2,1-3H3,(H,24,25). The molecule has 2 unspecified atom stereocenters. The van der Waals surface area contributed by atoms with Gasteiger partial charge in [-0.3, -0.25) is 4.79 Å². The van der Waals surface area contributed by atoms with E-state index in [1.165, 1.54) is 0 Å². The molecule has 1 aliphatic heterocycles. The highest BCUT2D eigenvalue weighted by Crippen LogP contribution is 2.38. The van der Waals surface area contributed by atoms with E-state index in [2.05, 4.69) is 16.7 Å². The van der Waals surface area contributed by atoms with Crippen LogP contribution >= 0.6 is 0 Å². The van der Waals surface area contributed by atoms with Gasteiger partial charge >= 0.3 is 0 Å². The first-order chi connectivity index (χ1) is 13.0. The van der Waals surface area contributed by atoms with Crippen molar-refractivity contribution in [1.29, 1.82) is 5.26 Å². The lowest BCUT2D eigenvalue weighted by atomic mass is 10.1. The molecule has 0 aliphatic carbocycles. The molecule has 2 N–H and O–H groups in total. The van der Waals surface area contributed by atoms with Gasteiger partial charge in [0.2, 0.25) is 5.91 Å². The first-order valence-corrected chi connectivity index (χ1v) is 9.04. The molecule has 27 heavy (non-hydrogen) atoms. The molecule has 6 heteroatoms. The van der Waals surface area contributed by atoms with Crippen LogP contribution < -0.4 is 20.1 Å². The largest absolute Gasteiger partial charge is 0.492 e. The number of para-hydroxylation sites is 1. The van der Waals surface area contributed by atoms with Crippen LogP contribution in [0.15, 0.2) is 36.4 Å². The Kier molecular flexibility index (Phi) is 5.51. The maximum Gasteiger partial charge on any atom is 0.246 e. The minimum Gasteiger partial charge on any atom is -0.492 e. The molecule has 0 fully saturated rings. The van der Waals surface area contributed by atoms with Crippen molar-refractivity contribution >= 4 is 17.3 Å². The zero-order valence-corrected chi connectivity index (χ0v) is 15.7. The molecule has 140 valence electrons. The molecular weight excluding hydrogens is 342 g/mol. The van der Waals surface area contributed by atoms with E-state index in [0.29, 0.717) is 29.3 Å². The number of rotatable bonds is 6. The predicted molar refractivity (Wildman–Crippen MR) is 104 cm³/mol. The van der Waals surface area contributed by atoms with E-state index in [4.69, 9.17) is 14.7 Å². The van der Waals surface area contributed by atoms with Gasteiger partial charge in [-0.2, -0.15) is 5.26 Å². The number of benzene rings is 2. The van der Waals surface area contributed by atoms with E-state index in [-0.39, 0.29) is 12.0 Å². The average Bonchev–Trinajstić information content (AvgIpc) is 3.01. The number of fused-ring (bicyclic) bond motifs is 1. The summed E-state index contributed by atoms with van der Waals surface area (Å²) in [7, 11) is 0. The van der Waals surface area contributed by atoms with E-state index in [9.17, 15) is 4.79 Å². The Bertz CT molecular complexity index is 889. The average molecular weight is 365 g/mol. The lowest BCUT2D eigenvalue weighted by Crippen LogP contribution is -2.32. The zero-order valence-electron chi connectivity index (χ0n) is 15.7. The summed E-state index contributed by atoms with van der Waals surface area (Å²) in [5.74, 6) is 1.27. The van der Waals surface area contributed by atoms with Crippen LogP contribution in [0.5, 0.6) is 11.5 Å². The SMILES string of the molecule is CCOc1cc2c(cc1NC(C)C(=O)Nc1ccccc1C#N)OC(C)C2. The molecule has 2 aromatic rings. The van der Waals surface area contributed by atoms with E-state index in [1.807, 2.05) is 26.0 Å². The van der Waals surface area contributed by atoms with Gasteiger partial charge in [0.1, 0.15) is 29.7 Å². The highest BCUT2D eigenvalue weighted by molar-refractivity contribution is 5.97. The third-order valence-electron chi connectivity index (χ3n) is 4.37. The molecule has 0 saturated heterocycles. The number of amides is 1. The van der Waals surface area contributed by atoms with E-state index >= 15 is 0 Å². The van der Waals surface area contributed by atoms with Crippen molar-refractivity contribution in [3.63, 3.8) is 0 Å². The Balaban J connectivity index is 1.77. The number of nitriles is 1. The Hall–Kier alpha value is -3.20. The smallest absolute Gasteiger partial charge is 0.246 e. The van der Waals surface area contributed by atoms with Crippen molar-refractivity contribution in [1.82, 2.24) is 0 Å². The number of hydrogen-bond donors (Lipinski definition) is 2. The number of anilines is 2. The topological polar surface area (TPSA) is 83.4 Å². The molecular formula is C21H23N3O3. The Labute approximate surface area is 159 Å². The van der Waals surface area contributed by atoms with Gasteiger partial charge in [0, 0.05) is 18.1 Å². The molecule has 1 amide bonds. The van der Waals surface area contributed by atoms with Gasteiger partial charge in [-0.1, -0.05) is 12.1 Å². The van der Waals surface area contributed by atoms with Crippen molar-refractivity contribution in [2.45, 2.75) is 39.3 Å². The zero-order chi connectivity index (χ0) is 19.4. The van der Waals surface area contributed by atoms with E-state index < -0.39 is 6.04 Å². The predicted octanol–water partition coefficient (Wildman–Crippen LogP) is 3.72. The van der Waals surface area contributed by atoms with Crippen molar-refractivity contribution in [3.8, 4) is 17.6 Å².